The highest BCUT2D eigenvalue weighted by Crippen LogP contribution is 2.43. The topological polar surface area (TPSA) is 444 Å². The summed E-state index contributed by atoms with van der Waals surface area (Å²) < 4.78 is 63.4. The van der Waals surface area contributed by atoms with Crippen LogP contribution in [-0.2, 0) is 33.2 Å². The Bertz CT molecular complexity index is 2670. The second kappa shape index (κ2) is 24.6. The van der Waals surface area contributed by atoms with Crippen molar-refractivity contribution in [2.24, 2.45) is 0 Å². The number of phenols is 2. The summed E-state index contributed by atoms with van der Waals surface area (Å²) in [4.78, 5) is 13.1. The van der Waals surface area contributed by atoms with E-state index in [1.807, 2.05) is 0 Å². The number of rotatable bonds is 17. The molecule has 4 aliphatic heterocycles. The molecule has 3 aromatic carbocycles. The molecule has 1 aromatic heterocycles. The minimum Gasteiger partial charge on any atom is -0.504 e. The average molecular weight is 1100 g/mol. The number of methoxy groups -OCH3 is 1. The maximum atomic E-state index is 13.1. The van der Waals surface area contributed by atoms with E-state index in [9.17, 15) is 86.5 Å². The van der Waals surface area contributed by atoms with Crippen LogP contribution in [0.3, 0.4) is 0 Å². The van der Waals surface area contributed by atoms with E-state index < -0.39 is 161 Å². The summed E-state index contributed by atoms with van der Waals surface area (Å²) in [5.74, 6) is -2.71. The molecular formula is C49H59O28+. The van der Waals surface area contributed by atoms with Crippen LogP contribution in [0.25, 0.3) is 28.4 Å². The van der Waals surface area contributed by atoms with Crippen LogP contribution in [0.5, 0.6) is 34.5 Å². The second-order valence-corrected chi connectivity index (χ2v) is 18.3. The Morgan fingerprint density at radius 3 is 1.68 bits per heavy atom. The van der Waals surface area contributed by atoms with Gasteiger partial charge in [-0.3, -0.25) is 0 Å². The third-order valence-corrected chi connectivity index (χ3v) is 13.2. The number of aromatic hydroxyl groups is 2. The van der Waals surface area contributed by atoms with Crippen molar-refractivity contribution >= 4 is 23.0 Å². The highest BCUT2D eigenvalue weighted by molar-refractivity contribution is 5.88. The Labute approximate surface area is 435 Å². The zero-order chi connectivity index (χ0) is 55.6. The lowest BCUT2D eigenvalue weighted by Gasteiger charge is -2.45. The van der Waals surface area contributed by atoms with Crippen LogP contribution in [0.15, 0.2) is 71.2 Å². The molecule has 4 saturated heterocycles. The van der Waals surface area contributed by atoms with Crippen molar-refractivity contribution in [3.63, 3.8) is 0 Å². The molecule has 0 aliphatic carbocycles. The molecule has 77 heavy (non-hydrogen) atoms. The Kier molecular flexibility index (Phi) is 18.3. The summed E-state index contributed by atoms with van der Waals surface area (Å²) in [6.07, 6.45) is -33.4. The van der Waals surface area contributed by atoms with Crippen LogP contribution in [0.1, 0.15) is 5.56 Å². The molecule has 0 radical (unpaired) electrons. The number of phenolic OH excluding ortho intramolecular Hbond substituents is 2. The highest BCUT2D eigenvalue weighted by Gasteiger charge is 2.53. The van der Waals surface area contributed by atoms with E-state index in [1.165, 1.54) is 67.8 Å². The molecular weight excluding hydrogens is 1040 g/mol. The van der Waals surface area contributed by atoms with Gasteiger partial charge in [0.25, 0.3) is 0 Å². The van der Waals surface area contributed by atoms with Gasteiger partial charge in [-0.05, 0) is 48.0 Å². The Hall–Kier alpha value is -5.68. The molecule has 20 atom stereocenters. The predicted octanol–water partition coefficient (Wildman–Crippen LogP) is -4.57. The number of carbonyl (C=O) groups is 1. The van der Waals surface area contributed by atoms with Crippen LogP contribution in [0.2, 0.25) is 0 Å². The first kappa shape index (κ1) is 57.5. The van der Waals surface area contributed by atoms with Gasteiger partial charge in [-0.25, -0.2) is 9.21 Å². The fourth-order valence-corrected chi connectivity index (χ4v) is 8.76. The molecule has 4 aliphatic rings. The van der Waals surface area contributed by atoms with Gasteiger partial charge in [-0.15, -0.1) is 0 Å². The number of carbonyl (C=O) groups excluding carboxylic acids is 1. The van der Waals surface area contributed by atoms with Crippen molar-refractivity contribution in [1.29, 1.82) is 0 Å². The number of esters is 1. The minimum atomic E-state index is -2.10. The molecule has 4 aromatic rings. The van der Waals surface area contributed by atoms with Crippen LogP contribution in [0, 0.1) is 0 Å². The van der Waals surface area contributed by atoms with Gasteiger partial charge in [-0.2, -0.15) is 0 Å². The van der Waals surface area contributed by atoms with E-state index >= 15 is 0 Å². The number of hydrogen-bond donors (Lipinski definition) is 16. The molecule has 5 heterocycles. The highest BCUT2D eigenvalue weighted by atomic mass is 16.8. The van der Waals surface area contributed by atoms with E-state index in [2.05, 4.69) is 0 Å². The monoisotopic (exact) mass is 1100 g/mol. The number of fused-ring (bicyclic) bond motifs is 1. The molecule has 422 valence electrons. The Morgan fingerprint density at radius 2 is 1.09 bits per heavy atom. The van der Waals surface area contributed by atoms with Gasteiger partial charge < -0.3 is 129 Å². The molecule has 0 unspecified atom stereocenters. The van der Waals surface area contributed by atoms with Gasteiger partial charge in [-0.1, -0.05) is 6.07 Å². The quantitative estimate of drug-likeness (QED) is 0.0269. The lowest BCUT2D eigenvalue weighted by Crippen LogP contribution is -2.65. The van der Waals surface area contributed by atoms with Crippen molar-refractivity contribution in [2.45, 2.75) is 123 Å². The molecule has 0 bridgehead atoms. The maximum Gasteiger partial charge on any atom is 0.402 e. The van der Waals surface area contributed by atoms with Crippen LogP contribution in [-0.4, -0.2) is 244 Å². The van der Waals surface area contributed by atoms with Gasteiger partial charge in [0.2, 0.25) is 24.6 Å². The third kappa shape index (κ3) is 12.2. The summed E-state index contributed by atoms with van der Waals surface area (Å²) in [7, 11) is 1.28. The fourth-order valence-electron chi connectivity index (χ4n) is 8.76. The molecule has 28 heteroatoms. The largest absolute Gasteiger partial charge is 0.504 e. The smallest absolute Gasteiger partial charge is 0.402 e. The Morgan fingerprint density at radius 1 is 0.545 bits per heavy atom. The van der Waals surface area contributed by atoms with Crippen molar-refractivity contribution in [1.82, 2.24) is 0 Å². The summed E-state index contributed by atoms with van der Waals surface area (Å²) >= 11 is 0. The molecule has 8 rings (SSSR count). The van der Waals surface area contributed by atoms with Crippen LogP contribution in [0.4, 0.5) is 0 Å². The van der Waals surface area contributed by atoms with Crippen LogP contribution < -0.4 is 18.9 Å². The number of aliphatic hydroxyl groups is 14. The van der Waals surface area contributed by atoms with Gasteiger partial charge in [0, 0.05) is 24.3 Å². The van der Waals surface area contributed by atoms with Crippen molar-refractivity contribution in [3.8, 4) is 45.8 Å². The van der Waals surface area contributed by atoms with Gasteiger partial charge in [0.05, 0.1) is 32.5 Å². The normalized spacial score (nSPS) is 35.6. The first-order chi connectivity index (χ1) is 36.8. The first-order valence-electron chi connectivity index (χ1n) is 23.8. The minimum absolute atomic E-state index is 0.0367. The summed E-state index contributed by atoms with van der Waals surface area (Å²) in [6.45, 7) is -3.18. The van der Waals surface area contributed by atoms with E-state index in [1.54, 1.807) is 0 Å². The molecule has 0 saturated carbocycles. The molecule has 4 fully saturated rings. The fraction of sp³-hybridized carbons (Fsp3) is 0.510. The number of aliphatic hydroxyl groups excluding tert-OH is 14. The van der Waals surface area contributed by atoms with Gasteiger partial charge in [0.15, 0.2) is 35.4 Å². The van der Waals surface area contributed by atoms with Crippen molar-refractivity contribution < 1.29 is 138 Å². The standard InChI is InChI=1S/C49H58O28/c1-67-26-12-19(7-8-21(26)53)44-27(13-20-23(69-44)3-2-4-24(20)70-46-41(64)37(60)33(56)28(14-50)73-46)72-49-45(77-48-43(66)39(62)35(58)30(16-52)75-48)40(63)36(59)31(76-49)17-68-32(55)10-6-18-5-9-25(22(54)11-18)71-47-42(65)38(61)34(57)29(15-51)74-47/h2-13,28-31,33-43,45-52,56-66H,14-17H2,1H3,(H-,53,54)/p+1/b10-6+/t28-,29-,30-,31-,33-,34-,35-,36-,37+,38+,39+,40+,41-,42-,43-,45-,46-,47-,48+,49-/m1/s1. The summed E-state index contributed by atoms with van der Waals surface area (Å²) in [5.41, 5.74) is 0.415. The van der Waals surface area contributed by atoms with Crippen molar-refractivity contribution in [3.05, 3.63) is 72.3 Å². The van der Waals surface area contributed by atoms with Crippen LogP contribution >= 0.6 is 0 Å². The van der Waals surface area contributed by atoms with E-state index in [-0.39, 0.29) is 56.6 Å². The number of hydrogen-bond acceptors (Lipinski definition) is 27. The summed E-state index contributed by atoms with van der Waals surface area (Å²) in [6, 6.07) is 13.4. The SMILES string of the molecule is COc1cc(-c2[o+]c3cccc(O[C@@H]4O[C@H](CO)[C@@H](O)[C@H](O)[C@H]4O)c3cc2O[C@@H]2O[C@H](COC(=O)/C=C/c3ccc(O[C@@H]4O[C@H](CO)[C@@H](O)[C@H](O)[C@H]4O)c(O)c3)[C@@H](O)[C@H](O)[C@H]2O[C@@H]2O[C@H](CO)[C@@H](O)[C@H](O)[C@H]2O)ccc1O. The molecule has 0 amide bonds. The molecule has 16 N–H and O–H groups in total. The predicted molar refractivity (Wildman–Crippen MR) is 251 cm³/mol. The number of ether oxygens (including phenoxy) is 10. The first-order valence-corrected chi connectivity index (χ1v) is 23.8. The third-order valence-electron chi connectivity index (χ3n) is 13.2. The average Bonchev–Trinajstić information content (AvgIpc) is 3.43. The molecule has 0 spiro atoms. The lowest BCUT2D eigenvalue weighted by atomic mass is 9.97. The Balaban J connectivity index is 1.08. The number of benzene rings is 3. The van der Waals surface area contributed by atoms with Crippen molar-refractivity contribution in [2.75, 3.05) is 33.5 Å². The van der Waals surface area contributed by atoms with E-state index in [4.69, 9.17) is 51.8 Å². The molecule has 28 nitrogen and oxygen atoms in total. The van der Waals surface area contributed by atoms with E-state index in [0.29, 0.717) is 0 Å². The second-order valence-electron chi connectivity index (χ2n) is 18.3. The van der Waals surface area contributed by atoms with Gasteiger partial charge in [0.1, 0.15) is 109 Å². The maximum absolute atomic E-state index is 13.1. The van der Waals surface area contributed by atoms with Gasteiger partial charge >= 0.3 is 17.3 Å². The zero-order valence-corrected chi connectivity index (χ0v) is 40.4. The summed E-state index contributed by atoms with van der Waals surface area (Å²) in [5, 5.41) is 168. The zero-order valence-electron chi connectivity index (χ0n) is 40.4. The van der Waals surface area contributed by atoms with E-state index in [0.717, 1.165) is 12.1 Å². The lowest BCUT2D eigenvalue weighted by molar-refractivity contribution is -0.357.